The smallest absolute Gasteiger partial charge is 0.455 e. The van der Waals surface area contributed by atoms with Gasteiger partial charge in [0, 0.05) is 30.8 Å². The third kappa shape index (κ3) is 5.34. The zero-order valence-corrected chi connectivity index (χ0v) is 16.9. The van der Waals surface area contributed by atoms with Crippen LogP contribution in [0.2, 0.25) is 0 Å². The van der Waals surface area contributed by atoms with Crippen molar-refractivity contribution in [3.05, 3.63) is 41.0 Å². The van der Waals surface area contributed by atoms with Crippen molar-refractivity contribution in [2.45, 2.75) is 69.7 Å². The molecule has 2 heterocycles. The van der Waals surface area contributed by atoms with Gasteiger partial charge in [-0.15, -0.1) is 0 Å². The summed E-state index contributed by atoms with van der Waals surface area (Å²) >= 11 is 0. The van der Waals surface area contributed by atoms with Crippen molar-refractivity contribution in [3.63, 3.8) is 0 Å². The molecular weight excluding hydrogens is 421 g/mol. The Balaban J connectivity index is 1.31. The van der Waals surface area contributed by atoms with E-state index in [1.807, 2.05) is 4.90 Å². The number of rotatable bonds is 5. The van der Waals surface area contributed by atoms with Crippen molar-refractivity contribution in [2.75, 3.05) is 13.1 Å². The molecule has 0 unspecified atom stereocenters. The topological polar surface area (TPSA) is 51.4 Å². The van der Waals surface area contributed by atoms with Crippen LogP contribution in [0.1, 0.15) is 68.1 Å². The molecule has 1 saturated carbocycles. The van der Waals surface area contributed by atoms with Gasteiger partial charge in [-0.2, -0.15) is 18.2 Å². The highest BCUT2D eigenvalue weighted by molar-refractivity contribution is 5.33. The minimum Gasteiger partial charge on any atom is -0.490 e. The van der Waals surface area contributed by atoms with Crippen molar-refractivity contribution >= 4 is 0 Å². The first kappa shape index (κ1) is 22.0. The Morgan fingerprint density at radius 2 is 1.65 bits per heavy atom. The predicted molar refractivity (Wildman–Crippen MR) is 100 cm³/mol. The van der Waals surface area contributed by atoms with E-state index in [1.54, 1.807) is 0 Å². The van der Waals surface area contributed by atoms with Gasteiger partial charge in [0.05, 0.1) is 6.54 Å². The molecule has 1 aliphatic heterocycles. The fourth-order valence-electron chi connectivity index (χ4n) is 4.41. The van der Waals surface area contributed by atoms with Crippen molar-refractivity contribution in [3.8, 4) is 5.75 Å². The van der Waals surface area contributed by atoms with Crippen LogP contribution in [0, 0.1) is 11.6 Å². The Bertz CT molecular complexity index is 864. The van der Waals surface area contributed by atoms with Crippen LogP contribution in [0.5, 0.6) is 5.75 Å². The van der Waals surface area contributed by atoms with Crippen LogP contribution in [0.4, 0.5) is 22.0 Å². The van der Waals surface area contributed by atoms with Crippen LogP contribution >= 0.6 is 0 Å². The molecule has 5 nitrogen and oxygen atoms in total. The highest BCUT2D eigenvalue weighted by Crippen LogP contribution is 2.37. The molecule has 170 valence electrons. The first-order chi connectivity index (χ1) is 14.8. The first-order valence-corrected chi connectivity index (χ1v) is 10.6. The monoisotopic (exact) mass is 445 g/mol. The van der Waals surface area contributed by atoms with Gasteiger partial charge in [0.15, 0.2) is 0 Å². The Kier molecular flexibility index (Phi) is 6.45. The van der Waals surface area contributed by atoms with Gasteiger partial charge in [-0.3, -0.25) is 4.90 Å². The summed E-state index contributed by atoms with van der Waals surface area (Å²) in [5.41, 5.74) is 0.166. The molecule has 1 aliphatic carbocycles. The summed E-state index contributed by atoms with van der Waals surface area (Å²) in [5.74, 6) is -2.42. The lowest BCUT2D eigenvalue weighted by Crippen LogP contribution is -2.37. The number of ether oxygens (including phenoxy) is 1. The molecule has 31 heavy (non-hydrogen) atoms. The molecule has 4 rings (SSSR count). The second kappa shape index (κ2) is 9.10. The Morgan fingerprint density at radius 3 is 2.23 bits per heavy atom. The lowest BCUT2D eigenvalue weighted by Gasteiger charge is -2.31. The van der Waals surface area contributed by atoms with Gasteiger partial charge in [0.25, 0.3) is 5.82 Å². The Hall–Kier alpha value is -2.23. The predicted octanol–water partition coefficient (Wildman–Crippen LogP) is 5.46. The van der Waals surface area contributed by atoms with Gasteiger partial charge in [-0.25, -0.2) is 8.78 Å². The molecule has 2 fully saturated rings. The third-order valence-corrected chi connectivity index (χ3v) is 5.98. The SMILES string of the molecule is Fc1cc(OC2CCN(Cc3nc(C(F)(F)F)no3)CC2)cc(F)c1C1CCCCC1. The van der Waals surface area contributed by atoms with Gasteiger partial charge >= 0.3 is 6.18 Å². The van der Waals surface area contributed by atoms with Crippen molar-refractivity contribution < 1.29 is 31.2 Å². The molecule has 1 saturated heterocycles. The second-order valence-corrected chi connectivity index (χ2v) is 8.24. The average Bonchev–Trinajstić information content (AvgIpc) is 3.19. The fourth-order valence-corrected chi connectivity index (χ4v) is 4.41. The van der Waals surface area contributed by atoms with E-state index in [0.29, 0.717) is 25.9 Å². The average molecular weight is 445 g/mol. The van der Waals surface area contributed by atoms with Crippen LogP contribution in [-0.2, 0) is 12.7 Å². The van der Waals surface area contributed by atoms with E-state index in [4.69, 9.17) is 4.74 Å². The molecule has 0 amide bonds. The minimum absolute atomic E-state index is 0.0754. The molecule has 0 spiro atoms. The standard InChI is InChI=1S/C21H24F5N3O2/c22-16-10-15(11-17(23)19(16)13-4-2-1-3-5-13)30-14-6-8-29(9-7-14)12-18-27-20(28-31-18)21(24,25)26/h10-11,13-14H,1-9,12H2. The minimum atomic E-state index is -4.64. The molecule has 1 aromatic heterocycles. The summed E-state index contributed by atoms with van der Waals surface area (Å²) in [7, 11) is 0. The van der Waals surface area contributed by atoms with Crippen LogP contribution in [-0.4, -0.2) is 34.2 Å². The summed E-state index contributed by atoms with van der Waals surface area (Å²) in [5, 5.41) is 2.95. The third-order valence-electron chi connectivity index (χ3n) is 5.98. The number of piperidine rings is 1. The molecule has 0 N–H and O–H groups in total. The molecule has 1 aromatic carbocycles. The summed E-state index contributed by atoms with van der Waals surface area (Å²) < 4.78 is 77.4. The van der Waals surface area contributed by atoms with Gasteiger partial charge in [-0.05, 0) is 31.6 Å². The van der Waals surface area contributed by atoms with Gasteiger partial charge in [-0.1, -0.05) is 24.4 Å². The summed E-state index contributed by atoms with van der Waals surface area (Å²) in [6.45, 7) is 1.16. The number of nitrogens with zero attached hydrogens (tertiary/aromatic N) is 3. The second-order valence-electron chi connectivity index (χ2n) is 8.24. The zero-order valence-electron chi connectivity index (χ0n) is 16.9. The Morgan fingerprint density at radius 1 is 1.00 bits per heavy atom. The van der Waals surface area contributed by atoms with Gasteiger partial charge in [0.2, 0.25) is 5.89 Å². The van der Waals surface area contributed by atoms with Crippen molar-refractivity contribution in [1.29, 1.82) is 0 Å². The molecule has 2 aromatic rings. The molecule has 0 atom stereocenters. The lowest BCUT2D eigenvalue weighted by atomic mass is 9.83. The maximum Gasteiger partial charge on any atom is 0.455 e. The molecular formula is C21H24F5N3O2. The maximum absolute atomic E-state index is 14.6. The van der Waals surface area contributed by atoms with Crippen LogP contribution in [0.15, 0.2) is 16.7 Å². The van der Waals surface area contributed by atoms with E-state index in [-0.39, 0.29) is 35.8 Å². The van der Waals surface area contributed by atoms with Crippen molar-refractivity contribution in [1.82, 2.24) is 15.0 Å². The largest absolute Gasteiger partial charge is 0.490 e. The van der Waals surface area contributed by atoms with E-state index < -0.39 is 23.6 Å². The number of alkyl halides is 3. The molecule has 0 bridgehead atoms. The highest BCUT2D eigenvalue weighted by atomic mass is 19.4. The number of likely N-dealkylation sites (tertiary alicyclic amines) is 1. The van der Waals surface area contributed by atoms with Crippen LogP contribution in [0.25, 0.3) is 0 Å². The zero-order chi connectivity index (χ0) is 22.0. The van der Waals surface area contributed by atoms with E-state index in [1.165, 1.54) is 12.1 Å². The van der Waals surface area contributed by atoms with E-state index in [2.05, 4.69) is 14.7 Å². The number of hydrogen-bond donors (Lipinski definition) is 0. The summed E-state index contributed by atoms with van der Waals surface area (Å²) in [6.07, 6.45) is 0.942. The molecule has 2 aliphatic rings. The summed E-state index contributed by atoms with van der Waals surface area (Å²) in [6, 6.07) is 2.52. The molecule has 0 radical (unpaired) electrons. The maximum atomic E-state index is 14.6. The van der Waals surface area contributed by atoms with E-state index in [9.17, 15) is 22.0 Å². The summed E-state index contributed by atoms with van der Waals surface area (Å²) in [4.78, 5) is 5.25. The lowest BCUT2D eigenvalue weighted by molar-refractivity contribution is -0.146. The quantitative estimate of drug-likeness (QED) is 0.573. The fraction of sp³-hybridized carbons (Fsp3) is 0.619. The first-order valence-electron chi connectivity index (χ1n) is 10.6. The van der Waals surface area contributed by atoms with E-state index in [0.717, 1.165) is 32.1 Å². The number of halogens is 5. The number of benzene rings is 1. The van der Waals surface area contributed by atoms with Crippen LogP contribution < -0.4 is 4.74 Å². The highest BCUT2D eigenvalue weighted by Gasteiger charge is 2.37. The normalized spacial score (nSPS) is 19.6. The van der Waals surface area contributed by atoms with Gasteiger partial charge < -0.3 is 9.26 Å². The number of hydrogen-bond acceptors (Lipinski definition) is 5. The Labute approximate surface area is 176 Å². The number of aromatic nitrogens is 2. The molecule has 10 heteroatoms. The van der Waals surface area contributed by atoms with Gasteiger partial charge in [0.1, 0.15) is 23.5 Å². The van der Waals surface area contributed by atoms with Crippen molar-refractivity contribution in [2.24, 2.45) is 0 Å². The van der Waals surface area contributed by atoms with Crippen LogP contribution in [0.3, 0.4) is 0 Å². The van der Waals surface area contributed by atoms with E-state index >= 15 is 0 Å².